The quantitative estimate of drug-likeness (QED) is 0.646. The summed E-state index contributed by atoms with van der Waals surface area (Å²) in [6, 6.07) is 0. The van der Waals surface area contributed by atoms with E-state index in [1.54, 1.807) is 12.2 Å². The molecule has 180 valence electrons. The summed E-state index contributed by atoms with van der Waals surface area (Å²) in [4.78, 5) is 49.2. The van der Waals surface area contributed by atoms with Gasteiger partial charge in [0, 0.05) is 36.5 Å². The molecule has 7 heteroatoms. The summed E-state index contributed by atoms with van der Waals surface area (Å²) in [7, 11) is 0. The van der Waals surface area contributed by atoms with Crippen molar-refractivity contribution in [1.29, 1.82) is 0 Å². The van der Waals surface area contributed by atoms with Crippen LogP contribution in [0.3, 0.4) is 0 Å². The summed E-state index contributed by atoms with van der Waals surface area (Å²) in [6.45, 7) is 8.01. The SMILES string of the molecule is CC(=O)OCC(=O)[C@]1(OC(C)=O)[C@H](C)C[C@H]2[C@@H]3CCC4=CC(=O)C=C[C@]4(C)[C@H]3[C@@H](O)C[C@@]21C. The summed E-state index contributed by atoms with van der Waals surface area (Å²) in [6.07, 6.45) is 7.00. The lowest BCUT2D eigenvalue weighted by Crippen LogP contribution is -2.64. The highest BCUT2D eigenvalue weighted by Gasteiger charge is 2.72. The van der Waals surface area contributed by atoms with Crippen LogP contribution in [0.2, 0.25) is 0 Å². The van der Waals surface area contributed by atoms with Crippen LogP contribution in [0, 0.1) is 34.5 Å². The van der Waals surface area contributed by atoms with Crippen molar-refractivity contribution >= 4 is 23.5 Å². The van der Waals surface area contributed by atoms with E-state index < -0.39 is 46.9 Å². The lowest BCUT2D eigenvalue weighted by molar-refractivity contribution is -0.204. The molecule has 0 aromatic carbocycles. The molecule has 0 amide bonds. The topological polar surface area (TPSA) is 107 Å². The second-order valence-electron chi connectivity index (χ2n) is 10.9. The molecule has 0 aromatic heterocycles. The Bertz CT molecular complexity index is 964. The Labute approximate surface area is 194 Å². The van der Waals surface area contributed by atoms with E-state index in [0.717, 1.165) is 18.4 Å². The second kappa shape index (κ2) is 7.90. The van der Waals surface area contributed by atoms with Gasteiger partial charge in [0.05, 0.1) is 6.10 Å². The molecule has 0 bridgehead atoms. The molecular formula is C26H34O7. The van der Waals surface area contributed by atoms with Crippen molar-refractivity contribution in [2.45, 2.75) is 72.0 Å². The monoisotopic (exact) mass is 458 g/mol. The summed E-state index contributed by atoms with van der Waals surface area (Å²) in [5.74, 6) is -1.84. The predicted octanol–water partition coefficient (Wildman–Crippen LogP) is 2.95. The number of hydrogen-bond acceptors (Lipinski definition) is 7. The maximum absolute atomic E-state index is 13.6. The standard InChI is InChI=1S/C26H34O7/c1-14-10-20-19-7-6-17-11-18(29)8-9-24(17,4)23(19)21(30)12-25(20,5)26(14,33-16(3)28)22(31)13-32-15(2)27/h8-9,11,14,19-21,23,30H,6-7,10,12-13H2,1-5H3/t14-,19+,20+,21+,23-,24+,25+,26-/m1/s1. The van der Waals surface area contributed by atoms with Crippen molar-refractivity contribution in [3.63, 3.8) is 0 Å². The summed E-state index contributed by atoms with van der Waals surface area (Å²) in [5, 5.41) is 11.6. The van der Waals surface area contributed by atoms with Crippen molar-refractivity contribution in [3.05, 3.63) is 23.8 Å². The van der Waals surface area contributed by atoms with Gasteiger partial charge in [0.25, 0.3) is 0 Å². The summed E-state index contributed by atoms with van der Waals surface area (Å²) < 4.78 is 10.9. The molecule has 0 aliphatic heterocycles. The number of carbonyl (C=O) groups excluding carboxylic acids is 4. The van der Waals surface area contributed by atoms with Gasteiger partial charge in [-0.25, -0.2) is 0 Å². The first-order valence-corrected chi connectivity index (χ1v) is 11.9. The zero-order valence-corrected chi connectivity index (χ0v) is 20.1. The van der Waals surface area contributed by atoms with Crippen molar-refractivity contribution < 1.29 is 33.8 Å². The average Bonchev–Trinajstić information content (AvgIpc) is 2.93. The van der Waals surface area contributed by atoms with Crippen molar-refractivity contribution in [2.75, 3.05) is 6.61 Å². The molecule has 0 unspecified atom stereocenters. The average molecular weight is 459 g/mol. The number of ether oxygens (including phenoxy) is 2. The fraction of sp³-hybridized carbons (Fsp3) is 0.692. The van der Waals surface area contributed by atoms with Crippen molar-refractivity contribution in [2.24, 2.45) is 34.5 Å². The number of esters is 2. The van der Waals surface area contributed by atoms with Crippen LogP contribution in [0.1, 0.15) is 60.3 Å². The van der Waals surface area contributed by atoms with Crippen LogP contribution >= 0.6 is 0 Å². The molecule has 0 spiro atoms. The Hall–Kier alpha value is -2.28. The normalized spacial score (nSPS) is 43.6. The minimum atomic E-state index is -1.47. The molecule has 8 atom stereocenters. The van der Waals surface area contributed by atoms with Crippen LogP contribution in [-0.4, -0.2) is 46.9 Å². The van der Waals surface area contributed by atoms with Crippen LogP contribution in [0.5, 0.6) is 0 Å². The molecule has 0 radical (unpaired) electrons. The first-order chi connectivity index (χ1) is 15.4. The van der Waals surface area contributed by atoms with E-state index in [1.807, 2.05) is 19.9 Å². The van der Waals surface area contributed by atoms with Crippen LogP contribution in [0.4, 0.5) is 0 Å². The first kappa shape index (κ1) is 23.9. The number of allylic oxidation sites excluding steroid dienone is 4. The number of carbonyl (C=O) groups is 4. The Kier molecular flexibility index (Phi) is 5.71. The number of hydrogen-bond donors (Lipinski definition) is 1. The molecule has 4 aliphatic carbocycles. The first-order valence-electron chi connectivity index (χ1n) is 11.9. The van der Waals surface area contributed by atoms with Gasteiger partial charge in [-0.2, -0.15) is 0 Å². The Balaban J connectivity index is 1.77. The van der Waals surface area contributed by atoms with E-state index in [4.69, 9.17) is 9.47 Å². The fourth-order valence-electron chi connectivity index (χ4n) is 8.01. The Morgan fingerprint density at radius 3 is 2.52 bits per heavy atom. The fourth-order valence-corrected chi connectivity index (χ4v) is 8.01. The van der Waals surface area contributed by atoms with E-state index in [-0.39, 0.29) is 35.9 Å². The summed E-state index contributed by atoms with van der Waals surface area (Å²) in [5.41, 5.74) is -1.64. The second-order valence-corrected chi connectivity index (χ2v) is 10.9. The number of aliphatic hydroxyl groups is 1. The molecule has 3 fully saturated rings. The van der Waals surface area contributed by atoms with Gasteiger partial charge in [-0.15, -0.1) is 0 Å². The van der Waals surface area contributed by atoms with Gasteiger partial charge in [-0.05, 0) is 49.7 Å². The zero-order valence-electron chi connectivity index (χ0n) is 20.1. The third-order valence-corrected chi connectivity index (χ3v) is 9.16. The molecule has 0 heterocycles. The van der Waals surface area contributed by atoms with Gasteiger partial charge in [0.2, 0.25) is 5.78 Å². The molecule has 3 saturated carbocycles. The number of ketones is 2. The van der Waals surface area contributed by atoms with Gasteiger partial charge in [0.1, 0.15) is 0 Å². The van der Waals surface area contributed by atoms with Gasteiger partial charge < -0.3 is 14.6 Å². The maximum Gasteiger partial charge on any atom is 0.303 e. The molecule has 4 aliphatic rings. The van der Waals surface area contributed by atoms with Gasteiger partial charge in [-0.3, -0.25) is 19.2 Å². The largest absolute Gasteiger partial charge is 0.458 e. The van der Waals surface area contributed by atoms with E-state index in [2.05, 4.69) is 6.92 Å². The highest BCUT2D eigenvalue weighted by Crippen LogP contribution is 2.69. The van der Waals surface area contributed by atoms with Crippen molar-refractivity contribution in [1.82, 2.24) is 0 Å². The maximum atomic E-state index is 13.6. The van der Waals surface area contributed by atoms with Gasteiger partial charge in [-0.1, -0.05) is 32.4 Å². The highest BCUT2D eigenvalue weighted by atomic mass is 16.6. The zero-order chi connectivity index (χ0) is 24.3. The van der Waals surface area contributed by atoms with Crippen molar-refractivity contribution in [3.8, 4) is 0 Å². The Morgan fingerprint density at radius 1 is 1.18 bits per heavy atom. The molecular weight excluding hydrogens is 424 g/mol. The van der Waals surface area contributed by atoms with Crippen LogP contribution in [-0.2, 0) is 28.7 Å². The van der Waals surface area contributed by atoms with E-state index in [9.17, 15) is 24.3 Å². The third-order valence-electron chi connectivity index (χ3n) is 9.16. The van der Waals surface area contributed by atoms with E-state index in [1.165, 1.54) is 13.8 Å². The smallest absolute Gasteiger partial charge is 0.303 e. The molecule has 33 heavy (non-hydrogen) atoms. The molecule has 0 aromatic rings. The van der Waals surface area contributed by atoms with Gasteiger partial charge in [0.15, 0.2) is 18.0 Å². The molecule has 7 nitrogen and oxygen atoms in total. The van der Waals surface area contributed by atoms with Crippen LogP contribution in [0.15, 0.2) is 23.8 Å². The minimum absolute atomic E-state index is 0.0181. The van der Waals surface area contributed by atoms with Crippen LogP contribution < -0.4 is 0 Å². The van der Waals surface area contributed by atoms with Crippen LogP contribution in [0.25, 0.3) is 0 Å². The molecule has 4 rings (SSSR count). The highest BCUT2D eigenvalue weighted by molar-refractivity contribution is 6.01. The Morgan fingerprint density at radius 2 is 1.88 bits per heavy atom. The lowest BCUT2D eigenvalue weighted by Gasteiger charge is -2.60. The van der Waals surface area contributed by atoms with Gasteiger partial charge >= 0.3 is 11.9 Å². The third kappa shape index (κ3) is 3.34. The molecule has 0 saturated heterocycles. The number of Topliss-reactive ketones (excluding diaryl/α,β-unsaturated/α-hetero) is 1. The minimum Gasteiger partial charge on any atom is -0.458 e. The number of aliphatic hydroxyl groups excluding tert-OH is 1. The number of rotatable bonds is 4. The lowest BCUT2D eigenvalue weighted by atomic mass is 9.46. The predicted molar refractivity (Wildman–Crippen MR) is 119 cm³/mol. The van der Waals surface area contributed by atoms with E-state index in [0.29, 0.717) is 6.42 Å². The molecule has 1 N–H and O–H groups in total. The number of fused-ring (bicyclic) bond motifs is 5. The summed E-state index contributed by atoms with van der Waals surface area (Å²) >= 11 is 0. The van der Waals surface area contributed by atoms with E-state index >= 15 is 0 Å².